The number of hydrogen-bond donors (Lipinski definition) is 2. The summed E-state index contributed by atoms with van der Waals surface area (Å²) in [5, 5.41) is 9.23. The van der Waals surface area contributed by atoms with Crippen LogP contribution < -0.4 is 4.72 Å². The van der Waals surface area contributed by atoms with Crippen molar-refractivity contribution < 1.29 is 18.3 Å². The van der Waals surface area contributed by atoms with E-state index in [9.17, 15) is 18.3 Å². The van der Waals surface area contributed by atoms with Crippen molar-refractivity contribution in [2.24, 2.45) is 0 Å². The summed E-state index contributed by atoms with van der Waals surface area (Å²) in [6.07, 6.45) is 0.986. The minimum atomic E-state index is -3.49. The number of rotatable bonds is 4. The average Bonchev–Trinajstić information content (AvgIpc) is 2.71. The number of aromatic nitrogens is 1. The summed E-state index contributed by atoms with van der Waals surface area (Å²) >= 11 is 0.793. The lowest BCUT2D eigenvalue weighted by molar-refractivity contribution is 0.0702. The van der Waals surface area contributed by atoms with Gasteiger partial charge in [0, 0.05) is 5.56 Å². The van der Waals surface area contributed by atoms with Gasteiger partial charge in [-0.3, -0.25) is 4.72 Å². The maximum atomic E-state index is 11.2. The number of anilines is 1. The van der Waals surface area contributed by atoms with Gasteiger partial charge in [0.15, 0.2) is 5.13 Å². The molecule has 2 rings (SSSR count). The quantitative estimate of drug-likeness (QED) is 0.902. The van der Waals surface area contributed by atoms with Gasteiger partial charge in [-0.15, -0.1) is 0 Å². The summed E-state index contributed by atoms with van der Waals surface area (Å²) in [6, 6.07) is 7.18. The molecular weight excluding hydrogens is 300 g/mol. The van der Waals surface area contributed by atoms with Crippen LogP contribution in [0.1, 0.15) is 15.2 Å². The number of carbonyl (C=O) groups is 1. The zero-order chi connectivity index (χ0) is 14.9. The number of carboxylic acids is 1. The number of aromatic carboxylic acids is 1. The van der Waals surface area contributed by atoms with Gasteiger partial charge in [0.25, 0.3) is 0 Å². The fourth-order valence-corrected chi connectivity index (χ4v) is 3.24. The maximum absolute atomic E-state index is 11.2. The fraction of sp³-hybridized carbons (Fsp3) is 0.167. The van der Waals surface area contributed by atoms with E-state index >= 15 is 0 Å². The van der Waals surface area contributed by atoms with E-state index in [1.165, 1.54) is 0 Å². The number of hydrogen-bond acceptors (Lipinski definition) is 5. The zero-order valence-corrected chi connectivity index (χ0v) is 12.4. The third-order valence-corrected chi connectivity index (χ3v) is 4.07. The van der Waals surface area contributed by atoms with Gasteiger partial charge in [-0.1, -0.05) is 41.2 Å². The van der Waals surface area contributed by atoms with Gasteiger partial charge in [0.2, 0.25) is 10.0 Å². The lowest BCUT2D eigenvalue weighted by Crippen LogP contribution is -2.09. The summed E-state index contributed by atoms with van der Waals surface area (Å²) in [7, 11) is -3.49. The standard InChI is InChI=1S/C12H12N2O4S2/c1-7-3-5-8(6-4-7)9-10(11(15)16)19-12(13-9)14-20(2,17)18/h3-6H,1-2H3,(H,13,14)(H,15,16). The highest BCUT2D eigenvalue weighted by atomic mass is 32.2. The van der Waals surface area contributed by atoms with Crippen molar-refractivity contribution >= 4 is 32.5 Å². The highest BCUT2D eigenvalue weighted by molar-refractivity contribution is 7.92. The topological polar surface area (TPSA) is 96.4 Å². The van der Waals surface area contributed by atoms with E-state index in [1.54, 1.807) is 12.1 Å². The monoisotopic (exact) mass is 312 g/mol. The van der Waals surface area contributed by atoms with Crippen LogP contribution >= 0.6 is 11.3 Å². The SMILES string of the molecule is Cc1ccc(-c2nc(NS(C)(=O)=O)sc2C(=O)O)cc1. The van der Waals surface area contributed by atoms with Crippen LogP contribution in [0.5, 0.6) is 0 Å². The van der Waals surface area contributed by atoms with Gasteiger partial charge in [0.1, 0.15) is 4.88 Å². The molecule has 0 bridgehead atoms. The van der Waals surface area contributed by atoms with Crippen molar-refractivity contribution in [1.82, 2.24) is 4.98 Å². The minimum absolute atomic E-state index is 0.00000283. The maximum Gasteiger partial charge on any atom is 0.348 e. The largest absolute Gasteiger partial charge is 0.477 e. The zero-order valence-electron chi connectivity index (χ0n) is 10.7. The van der Waals surface area contributed by atoms with Crippen molar-refractivity contribution in [3.8, 4) is 11.3 Å². The summed E-state index contributed by atoms with van der Waals surface area (Å²) in [4.78, 5) is 15.3. The molecule has 1 aromatic heterocycles. The predicted molar refractivity (Wildman–Crippen MR) is 77.7 cm³/mol. The molecule has 0 amide bonds. The van der Waals surface area contributed by atoms with Gasteiger partial charge in [0.05, 0.1) is 11.9 Å². The van der Waals surface area contributed by atoms with E-state index in [2.05, 4.69) is 9.71 Å². The molecule has 0 saturated carbocycles. The van der Waals surface area contributed by atoms with Crippen molar-refractivity contribution in [3.63, 3.8) is 0 Å². The van der Waals surface area contributed by atoms with Gasteiger partial charge < -0.3 is 5.11 Å². The van der Waals surface area contributed by atoms with Crippen molar-refractivity contribution in [2.45, 2.75) is 6.92 Å². The van der Waals surface area contributed by atoms with E-state index in [1.807, 2.05) is 19.1 Å². The number of nitrogens with zero attached hydrogens (tertiary/aromatic N) is 1. The Balaban J connectivity index is 2.51. The van der Waals surface area contributed by atoms with E-state index in [-0.39, 0.29) is 15.7 Å². The Labute approximate surface area is 120 Å². The van der Waals surface area contributed by atoms with Gasteiger partial charge in [-0.2, -0.15) is 0 Å². The molecular formula is C12H12N2O4S2. The van der Waals surface area contributed by atoms with E-state index in [0.29, 0.717) is 5.56 Å². The van der Waals surface area contributed by atoms with Crippen LogP contribution in [0.15, 0.2) is 24.3 Å². The van der Waals surface area contributed by atoms with E-state index in [0.717, 1.165) is 23.2 Å². The molecule has 0 aliphatic heterocycles. The molecule has 0 fully saturated rings. The number of aryl methyl sites for hydroxylation is 1. The van der Waals surface area contributed by atoms with E-state index < -0.39 is 16.0 Å². The van der Waals surface area contributed by atoms with Crippen molar-refractivity contribution in [1.29, 1.82) is 0 Å². The Morgan fingerprint density at radius 2 is 1.90 bits per heavy atom. The molecule has 0 aliphatic carbocycles. The van der Waals surface area contributed by atoms with Crippen LogP contribution in [0, 0.1) is 6.92 Å². The first-order valence-electron chi connectivity index (χ1n) is 5.55. The predicted octanol–water partition coefficient (Wildman–Crippen LogP) is 2.19. The van der Waals surface area contributed by atoms with Crippen LogP contribution in [0.4, 0.5) is 5.13 Å². The van der Waals surface area contributed by atoms with Crippen molar-refractivity contribution in [3.05, 3.63) is 34.7 Å². The number of sulfonamides is 1. The smallest absolute Gasteiger partial charge is 0.348 e. The lowest BCUT2D eigenvalue weighted by atomic mass is 10.1. The van der Waals surface area contributed by atoms with Gasteiger partial charge >= 0.3 is 5.97 Å². The molecule has 0 saturated heterocycles. The molecule has 20 heavy (non-hydrogen) atoms. The Bertz CT molecular complexity index is 748. The molecule has 0 atom stereocenters. The summed E-state index contributed by atoms with van der Waals surface area (Å²) in [5.74, 6) is -1.14. The molecule has 6 nitrogen and oxygen atoms in total. The lowest BCUT2D eigenvalue weighted by Gasteiger charge is -1.99. The number of carboxylic acid groups (broad SMARTS) is 1. The number of nitrogens with one attached hydrogen (secondary N) is 1. The van der Waals surface area contributed by atoms with E-state index in [4.69, 9.17) is 0 Å². The summed E-state index contributed by atoms with van der Waals surface area (Å²) in [5.41, 5.74) is 1.93. The molecule has 0 aliphatic rings. The molecule has 1 heterocycles. The molecule has 0 unspecified atom stereocenters. The molecule has 106 valence electrons. The Kier molecular flexibility index (Phi) is 3.78. The second-order valence-corrected chi connectivity index (χ2v) is 6.99. The first kappa shape index (κ1) is 14.5. The first-order chi connectivity index (χ1) is 9.26. The van der Waals surface area contributed by atoms with Crippen LogP contribution in [-0.2, 0) is 10.0 Å². The molecule has 1 aromatic carbocycles. The Morgan fingerprint density at radius 1 is 1.30 bits per heavy atom. The van der Waals surface area contributed by atoms with Gasteiger partial charge in [-0.25, -0.2) is 18.2 Å². The second-order valence-electron chi connectivity index (χ2n) is 4.24. The number of thiazole rings is 1. The third kappa shape index (κ3) is 3.34. The van der Waals surface area contributed by atoms with Crippen LogP contribution in [0.25, 0.3) is 11.3 Å². The van der Waals surface area contributed by atoms with Crippen LogP contribution in [-0.4, -0.2) is 30.7 Å². The average molecular weight is 312 g/mol. The second kappa shape index (κ2) is 5.22. The molecule has 0 spiro atoms. The summed E-state index contributed by atoms with van der Waals surface area (Å²) < 4.78 is 24.6. The molecule has 8 heteroatoms. The molecule has 0 radical (unpaired) electrons. The van der Waals surface area contributed by atoms with Crippen molar-refractivity contribution in [2.75, 3.05) is 11.0 Å². The normalized spacial score (nSPS) is 11.3. The highest BCUT2D eigenvalue weighted by Crippen LogP contribution is 2.31. The Hall–Kier alpha value is -1.93. The van der Waals surface area contributed by atoms with Crippen LogP contribution in [0.2, 0.25) is 0 Å². The molecule has 2 N–H and O–H groups in total. The number of benzene rings is 1. The first-order valence-corrected chi connectivity index (χ1v) is 8.26. The third-order valence-electron chi connectivity index (χ3n) is 2.42. The minimum Gasteiger partial charge on any atom is -0.477 e. The summed E-state index contributed by atoms with van der Waals surface area (Å²) in [6.45, 7) is 1.92. The van der Waals surface area contributed by atoms with Crippen LogP contribution in [0.3, 0.4) is 0 Å². The highest BCUT2D eigenvalue weighted by Gasteiger charge is 2.20. The molecule has 2 aromatic rings. The van der Waals surface area contributed by atoms with Gasteiger partial charge in [-0.05, 0) is 6.92 Å². The Morgan fingerprint density at radius 3 is 2.40 bits per heavy atom. The fourth-order valence-electron chi connectivity index (χ4n) is 1.57.